The number of nitrogens with one attached hydrogen (secondary N) is 1. The van der Waals surface area contributed by atoms with Crippen molar-refractivity contribution in [2.75, 3.05) is 39.8 Å². The Hall–Kier alpha value is -2.61. The Morgan fingerprint density at radius 2 is 2.07 bits per heavy atom. The van der Waals surface area contributed by atoms with Crippen molar-refractivity contribution >= 4 is 5.96 Å². The number of aliphatic imine (C=N–C) groups is 1. The molecule has 0 bridgehead atoms. The van der Waals surface area contributed by atoms with Crippen molar-refractivity contribution in [3.8, 4) is 5.75 Å². The molecular formula is C20H30N6O2. The molecule has 28 heavy (non-hydrogen) atoms. The van der Waals surface area contributed by atoms with Gasteiger partial charge in [-0.25, -0.2) is 4.99 Å². The highest BCUT2D eigenvalue weighted by Gasteiger charge is 2.20. The van der Waals surface area contributed by atoms with Gasteiger partial charge in [0.2, 0.25) is 0 Å². The number of methoxy groups -OCH3 is 1. The zero-order valence-electron chi connectivity index (χ0n) is 17.2. The summed E-state index contributed by atoms with van der Waals surface area (Å²) in [5.41, 5.74) is 4.02. The lowest BCUT2D eigenvalue weighted by Gasteiger charge is -2.36. The van der Waals surface area contributed by atoms with Gasteiger partial charge in [0, 0.05) is 62.7 Å². The van der Waals surface area contributed by atoms with E-state index in [9.17, 15) is 0 Å². The fraction of sp³-hybridized carbons (Fsp3) is 0.550. The van der Waals surface area contributed by atoms with Crippen molar-refractivity contribution in [2.45, 2.75) is 33.9 Å². The standard InChI is InChI=1S/C20H30N6O2/c1-5-21-20(23-13-18-16(3)19(27-4)15(2)12-22-18)26-9-7-25(8-10-26)14-17-6-11-28-24-17/h6,11-12H,5,7-10,13-14H2,1-4H3,(H,21,23). The molecule has 3 heterocycles. The van der Waals surface area contributed by atoms with E-state index in [1.165, 1.54) is 0 Å². The molecule has 0 atom stereocenters. The van der Waals surface area contributed by atoms with Crippen LogP contribution in [0.15, 0.2) is 28.0 Å². The van der Waals surface area contributed by atoms with Gasteiger partial charge in [0.15, 0.2) is 5.96 Å². The second-order valence-electron chi connectivity index (χ2n) is 6.97. The van der Waals surface area contributed by atoms with Crippen LogP contribution in [0.4, 0.5) is 0 Å². The van der Waals surface area contributed by atoms with Crippen LogP contribution in [0.2, 0.25) is 0 Å². The van der Waals surface area contributed by atoms with Crippen molar-refractivity contribution in [2.24, 2.45) is 4.99 Å². The maximum Gasteiger partial charge on any atom is 0.194 e. The van der Waals surface area contributed by atoms with Crippen molar-refractivity contribution in [1.29, 1.82) is 0 Å². The molecule has 0 radical (unpaired) electrons. The highest BCUT2D eigenvalue weighted by atomic mass is 16.5. The number of rotatable bonds is 6. The molecule has 3 rings (SSSR count). The van der Waals surface area contributed by atoms with Gasteiger partial charge in [-0.1, -0.05) is 5.16 Å². The normalized spacial score (nSPS) is 15.7. The minimum atomic E-state index is 0.532. The van der Waals surface area contributed by atoms with Crippen molar-refractivity contribution in [3.63, 3.8) is 0 Å². The Morgan fingerprint density at radius 1 is 1.29 bits per heavy atom. The van der Waals surface area contributed by atoms with Crippen LogP contribution in [0.3, 0.4) is 0 Å². The second kappa shape index (κ2) is 9.54. The molecule has 1 fully saturated rings. The van der Waals surface area contributed by atoms with Gasteiger partial charge >= 0.3 is 0 Å². The van der Waals surface area contributed by atoms with Gasteiger partial charge in [-0.3, -0.25) is 9.88 Å². The number of pyridine rings is 1. The molecule has 0 aromatic carbocycles. The van der Waals surface area contributed by atoms with E-state index in [-0.39, 0.29) is 0 Å². The average Bonchev–Trinajstić information content (AvgIpc) is 3.20. The minimum absolute atomic E-state index is 0.532. The summed E-state index contributed by atoms with van der Waals surface area (Å²) in [6, 6.07) is 1.92. The summed E-state index contributed by atoms with van der Waals surface area (Å²) in [5, 5.41) is 7.42. The van der Waals surface area contributed by atoms with Crippen molar-refractivity contribution in [1.82, 2.24) is 25.3 Å². The summed E-state index contributed by atoms with van der Waals surface area (Å²) in [6.07, 6.45) is 3.48. The van der Waals surface area contributed by atoms with Crippen molar-refractivity contribution in [3.05, 3.63) is 41.0 Å². The number of aromatic nitrogens is 2. The summed E-state index contributed by atoms with van der Waals surface area (Å²) in [4.78, 5) is 14.1. The summed E-state index contributed by atoms with van der Waals surface area (Å²) < 4.78 is 10.4. The van der Waals surface area contributed by atoms with Gasteiger partial charge in [-0.2, -0.15) is 0 Å². The predicted octanol–water partition coefficient (Wildman–Crippen LogP) is 1.98. The van der Waals surface area contributed by atoms with E-state index < -0.39 is 0 Å². The number of guanidine groups is 1. The first-order valence-corrected chi connectivity index (χ1v) is 9.76. The highest BCUT2D eigenvalue weighted by molar-refractivity contribution is 5.80. The SMILES string of the molecule is CCNC(=NCc1ncc(C)c(OC)c1C)N1CCN(Cc2ccon2)CC1. The molecule has 0 unspecified atom stereocenters. The van der Waals surface area contributed by atoms with E-state index in [2.05, 4.69) is 32.2 Å². The molecule has 2 aromatic rings. The zero-order valence-corrected chi connectivity index (χ0v) is 17.2. The molecule has 1 aliphatic rings. The van der Waals surface area contributed by atoms with Gasteiger partial charge < -0.3 is 19.5 Å². The van der Waals surface area contributed by atoms with Gasteiger partial charge in [-0.05, 0) is 20.8 Å². The summed E-state index contributed by atoms with van der Waals surface area (Å²) in [7, 11) is 1.70. The topological polar surface area (TPSA) is 79.0 Å². The Morgan fingerprint density at radius 3 is 2.71 bits per heavy atom. The number of piperazine rings is 1. The Balaban J connectivity index is 1.63. The molecule has 0 spiro atoms. The molecular weight excluding hydrogens is 356 g/mol. The third-order valence-corrected chi connectivity index (χ3v) is 5.01. The summed E-state index contributed by atoms with van der Waals surface area (Å²) in [6.45, 7) is 12.1. The van der Waals surface area contributed by atoms with Gasteiger partial charge in [0.1, 0.15) is 12.0 Å². The van der Waals surface area contributed by atoms with E-state index in [1.54, 1.807) is 13.4 Å². The predicted molar refractivity (Wildman–Crippen MR) is 108 cm³/mol. The fourth-order valence-electron chi connectivity index (χ4n) is 3.47. The number of aryl methyl sites for hydroxylation is 1. The molecule has 0 amide bonds. The van der Waals surface area contributed by atoms with Crippen LogP contribution in [0.5, 0.6) is 5.75 Å². The third-order valence-electron chi connectivity index (χ3n) is 5.01. The molecule has 1 saturated heterocycles. The van der Waals surface area contributed by atoms with Crippen LogP contribution in [0, 0.1) is 13.8 Å². The van der Waals surface area contributed by atoms with E-state index in [0.29, 0.717) is 6.54 Å². The van der Waals surface area contributed by atoms with E-state index in [1.807, 2.05) is 26.1 Å². The Bertz CT molecular complexity index is 782. The molecule has 2 aromatic heterocycles. The monoisotopic (exact) mass is 386 g/mol. The molecule has 0 aliphatic carbocycles. The lowest BCUT2D eigenvalue weighted by molar-refractivity contribution is 0.169. The van der Waals surface area contributed by atoms with Gasteiger partial charge in [0.25, 0.3) is 0 Å². The zero-order chi connectivity index (χ0) is 19.9. The van der Waals surface area contributed by atoms with Crippen LogP contribution < -0.4 is 10.1 Å². The number of ether oxygens (including phenoxy) is 1. The summed E-state index contributed by atoms with van der Waals surface area (Å²) in [5.74, 6) is 1.83. The lowest BCUT2D eigenvalue weighted by atomic mass is 10.1. The molecule has 152 valence electrons. The lowest BCUT2D eigenvalue weighted by Crippen LogP contribution is -2.52. The van der Waals surface area contributed by atoms with E-state index in [4.69, 9.17) is 14.3 Å². The van der Waals surface area contributed by atoms with E-state index >= 15 is 0 Å². The van der Waals surface area contributed by atoms with Crippen molar-refractivity contribution < 1.29 is 9.26 Å². The molecule has 1 N–H and O–H groups in total. The first kappa shape index (κ1) is 20.1. The maximum atomic E-state index is 5.51. The highest BCUT2D eigenvalue weighted by Crippen LogP contribution is 2.24. The van der Waals surface area contributed by atoms with Crippen LogP contribution in [0.1, 0.15) is 29.4 Å². The quantitative estimate of drug-likeness (QED) is 0.601. The molecule has 0 saturated carbocycles. The number of nitrogens with zero attached hydrogens (tertiary/aromatic N) is 5. The number of hydrogen-bond acceptors (Lipinski definition) is 6. The fourth-order valence-corrected chi connectivity index (χ4v) is 3.47. The van der Waals surface area contributed by atoms with Crippen LogP contribution in [-0.2, 0) is 13.1 Å². The number of hydrogen-bond donors (Lipinski definition) is 1. The van der Waals surface area contributed by atoms with E-state index in [0.717, 1.165) is 73.5 Å². The molecule has 1 aliphatic heterocycles. The minimum Gasteiger partial charge on any atom is -0.496 e. The Kier molecular flexibility index (Phi) is 6.86. The van der Waals surface area contributed by atoms with Gasteiger partial charge in [0.05, 0.1) is 25.0 Å². The molecule has 8 nitrogen and oxygen atoms in total. The Labute approximate surface area is 166 Å². The van der Waals surface area contributed by atoms with Crippen LogP contribution >= 0.6 is 0 Å². The first-order chi connectivity index (χ1) is 13.6. The van der Waals surface area contributed by atoms with Crippen LogP contribution in [-0.4, -0.2) is 65.7 Å². The largest absolute Gasteiger partial charge is 0.496 e. The smallest absolute Gasteiger partial charge is 0.194 e. The van der Waals surface area contributed by atoms with Crippen LogP contribution in [0.25, 0.3) is 0 Å². The first-order valence-electron chi connectivity index (χ1n) is 9.76. The maximum absolute atomic E-state index is 5.51. The third kappa shape index (κ3) is 4.81. The summed E-state index contributed by atoms with van der Waals surface area (Å²) >= 11 is 0. The van der Waals surface area contributed by atoms with Gasteiger partial charge in [-0.15, -0.1) is 0 Å². The molecule has 8 heteroatoms. The average molecular weight is 387 g/mol. The second-order valence-corrected chi connectivity index (χ2v) is 6.97.